The number of aromatic nitrogens is 2. The standard InChI is InChI=1S/C12H11N3O5/c1-7-8(12(16)17)4-3-5-9(7)20-11-10(15(18)19)13-6-14(11)2/h3-6H,1-2H3,(H,16,17). The molecule has 0 fully saturated rings. The Morgan fingerprint density at radius 3 is 2.80 bits per heavy atom. The molecule has 0 aliphatic rings. The lowest BCUT2D eigenvalue weighted by atomic mass is 10.1. The Balaban J connectivity index is 2.46. The van der Waals surface area contributed by atoms with E-state index in [9.17, 15) is 14.9 Å². The SMILES string of the molecule is Cc1c(Oc2c([N+](=O)[O-])ncn2C)cccc1C(=O)O. The van der Waals surface area contributed by atoms with Crippen molar-refractivity contribution in [2.75, 3.05) is 0 Å². The normalized spacial score (nSPS) is 10.3. The maximum absolute atomic E-state index is 11.0. The van der Waals surface area contributed by atoms with Crippen molar-refractivity contribution in [1.29, 1.82) is 0 Å². The molecule has 1 aromatic carbocycles. The number of ether oxygens (including phenoxy) is 1. The minimum Gasteiger partial charge on any atom is -0.478 e. The quantitative estimate of drug-likeness (QED) is 0.677. The van der Waals surface area contributed by atoms with E-state index >= 15 is 0 Å². The molecule has 0 amide bonds. The van der Waals surface area contributed by atoms with E-state index in [0.717, 1.165) is 0 Å². The third kappa shape index (κ3) is 2.30. The smallest absolute Gasteiger partial charge is 0.427 e. The number of benzene rings is 1. The van der Waals surface area contributed by atoms with Crippen LogP contribution in [-0.2, 0) is 7.05 Å². The van der Waals surface area contributed by atoms with Gasteiger partial charge in [-0.3, -0.25) is 4.57 Å². The van der Waals surface area contributed by atoms with Crippen molar-refractivity contribution in [3.63, 3.8) is 0 Å². The van der Waals surface area contributed by atoms with Gasteiger partial charge in [-0.25, -0.2) is 4.79 Å². The van der Waals surface area contributed by atoms with Gasteiger partial charge in [0.25, 0.3) is 0 Å². The van der Waals surface area contributed by atoms with E-state index in [2.05, 4.69) is 4.98 Å². The Morgan fingerprint density at radius 1 is 1.50 bits per heavy atom. The number of nitrogens with zero attached hydrogens (tertiary/aromatic N) is 3. The van der Waals surface area contributed by atoms with Gasteiger partial charge in [0.2, 0.25) is 6.33 Å². The number of carboxylic acid groups (broad SMARTS) is 1. The number of imidazole rings is 1. The molecule has 2 rings (SSSR count). The first-order chi connectivity index (χ1) is 9.41. The van der Waals surface area contributed by atoms with Crippen molar-refractivity contribution in [3.8, 4) is 11.6 Å². The lowest BCUT2D eigenvalue weighted by molar-refractivity contribution is -0.390. The summed E-state index contributed by atoms with van der Waals surface area (Å²) < 4.78 is 6.81. The van der Waals surface area contributed by atoms with Crippen LogP contribution >= 0.6 is 0 Å². The molecule has 1 N–H and O–H groups in total. The Bertz CT molecular complexity index is 692. The van der Waals surface area contributed by atoms with Crippen LogP contribution in [0.4, 0.5) is 5.82 Å². The zero-order valence-electron chi connectivity index (χ0n) is 10.7. The number of aryl methyl sites for hydroxylation is 1. The van der Waals surface area contributed by atoms with Crippen LogP contribution in [0.2, 0.25) is 0 Å². The Labute approximate surface area is 113 Å². The maximum atomic E-state index is 11.0. The summed E-state index contributed by atoms with van der Waals surface area (Å²) in [6.45, 7) is 1.57. The van der Waals surface area contributed by atoms with Crippen LogP contribution in [-0.4, -0.2) is 25.6 Å². The fourth-order valence-corrected chi connectivity index (χ4v) is 1.71. The molecule has 0 saturated heterocycles. The largest absolute Gasteiger partial charge is 0.478 e. The van der Waals surface area contributed by atoms with Gasteiger partial charge in [-0.2, -0.15) is 0 Å². The lowest BCUT2D eigenvalue weighted by Crippen LogP contribution is -2.02. The highest BCUT2D eigenvalue weighted by molar-refractivity contribution is 5.90. The summed E-state index contributed by atoms with van der Waals surface area (Å²) in [5, 5.41) is 19.9. The summed E-state index contributed by atoms with van der Waals surface area (Å²) in [7, 11) is 1.55. The molecule has 2 aromatic rings. The number of aromatic carboxylic acids is 1. The van der Waals surface area contributed by atoms with E-state index in [-0.39, 0.29) is 17.2 Å². The van der Waals surface area contributed by atoms with E-state index in [4.69, 9.17) is 9.84 Å². The highest BCUT2D eigenvalue weighted by Gasteiger charge is 2.23. The molecular weight excluding hydrogens is 266 g/mol. The van der Waals surface area contributed by atoms with Crippen LogP contribution < -0.4 is 4.74 Å². The fourth-order valence-electron chi connectivity index (χ4n) is 1.71. The molecule has 1 aromatic heterocycles. The first kappa shape index (κ1) is 13.5. The monoisotopic (exact) mass is 277 g/mol. The molecule has 0 spiro atoms. The van der Waals surface area contributed by atoms with E-state index in [0.29, 0.717) is 5.56 Å². The second kappa shape index (κ2) is 5.00. The molecule has 8 nitrogen and oxygen atoms in total. The fraction of sp³-hybridized carbons (Fsp3) is 0.167. The average molecular weight is 277 g/mol. The van der Waals surface area contributed by atoms with Crippen LogP contribution in [0.5, 0.6) is 11.6 Å². The topological polar surface area (TPSA) is 107 Å². The third-order valence-corrected chi connectivity index (χ3v) is 2.76. The predicted molar refractivity (Wildman–Crippen MR) is 68.1 cm³/mol. The van der Waals surface area contributed by atoms with Crippen molar-refractivity contribution >= 4 is 11.8 Å². The summed E-state index contributed by atoms with van der Waals surface area (Å²) >= 11 is 0. The van der Waals surface area contributed by atoms with Crippen molar-refractivity contribution in [2.24, 2.45) is 7.05 Å². The highest BCUT2D eigenvalue weighted by Crippen LogP contribution is 2.32. The molecule has 0 bridgehead atoms. The third-order valence-electron chi connectivity index (χ3n) is 2.76. The number of hydrogen-bond donors (Lipinski definition) is 1. The van der Waals surface area contributed by atoms with Crippen molar-refractivity contribution < 1.29 is 19.6 Å². The molecule has 1 heterocycles. The second-order valence-electron chi connectivity index (χ2n) is 4.08. The van der Waals surface area contributed by atoms with Gasteiger partial charge >= 0.3 is 17.7 Å². The lowest BCUT2D eigenvalue weighted by Gasteiger charge is -2.09. The zero-order chi connectivity index (χ0) is 14.9. The molecule has 0 atom stereocenters. The van der Waals surface area contributed by atoms with Gasteiger partial charge in [0.05, 0.1) is 5.56 Å². The summed E-state index contributed by atoms with van der Waals surface area (Å²) in [6.07, 6.45) is 1.25. The van der Waals surface area contributed by atoms with Crippen molar-refractivity contribution in [1.82, 2.24) is 9.55 Å². The molecule has 0 radical (unpaired) electrons. The Morgan fingerprint density at radius 2 is 2.20 bits per heavy atom. The minimum absolute atomic E-state index is 0.0550. The van der Waals surface area contributed by atoms with Gasteiger partial charge in [-0.15, -0.1) is 0 Å². The van der Waals surface area contributed by atoms with Gasteiger partial charge in [-0.05, 0) is 29.0 Å². The molecule has 0 saturated carbocycles. The number of rotatable bonds is 4. The van der Waals surface area contributed by atoms with Crippen molar-refractivity contribution in [2.45, 2.75) is 6.92 Å². The highest BCUT2D eigenvalue weighted by atomic mass is 16.6. The van der Waals surface area contributed by atoms with E-state index in [1.807, 2.05) is 0 Å². The Hall–Kier alpha value is -2.90. The van der Waals surface area contributed by atoms with Crippen LogP contribution in [0.25, 0.3) is 0 Å². The average Bonchev–Trinajstić information content (AvgIpc) is 2.73. The maximum Gasteiger partial charge on any atom is 0.427 e. The van der Waals surface area contributed by atoms with Crippen LogP contribution in [0.1, 0.15) is 15.9 Å². The van der Waals surface area contributed by atoms with Crippen LogP contribution in [0, 0.1) is 17.0 Å². The number of nitro groups is 1. The molecule has 0 aliphatic carbocycles. The van der Waals surface area contributed by atoms with Gasteiger partial charge in [-0.1, -0.05) is 6.07 Å². The minimum atomic E-state index is -1.09. The second-order valence-corrected chi connectivity index (χ2v) is 4.08. The first-order valence-corrected chi connectivity index (χ1v) is 5.58. The van der Waals surface area contributed by atoms with Crippen LogP contribution in [0.15, 0.2) is 24.5 Å². The number of carboxylic acids is 1. The molecule has 8 heteroatoms. The summed E-state index contributed by atoms with van der Waals surface area (Å²) in [5.74, 6) is -1.34. The molecule has 0 aliphatic heterocycles. The van der Waals surface area contributed by atoms with Gasteiger partial charge in [0.15, 0.2) is 0 Å². The summed E-state index contributed by atoms with van der Waals surface area (Å²) in [5.41, 5.74) is 0.461. The molecule has 20 heavy (non-hydrogen) atoms. The predicted octanol–water partition coefficient (Wildman–Crippen LogP) is 2.13. The van der Waals surface area contributed by atoms with Gasteiger partial charge in [0, 0.05) is 12.6 Å². The number of hydrogen-bond acceptors (Lipinski definition) is 5. The van der Waals surface area contributed by atoms with E-state index in [1.165, 1.54) is 23.0 Å². The summed E-state index contributed by atoms with van der Waals surface area (Å²) in [6, 6.07) is 4.48. The van der Waals surface area contributed by atoms with Gasteiger partial charge in [0.1, 0.15) is 5.75 Å². The first-order valence-electron chi connectivity index (χ1n) is 5.58. The van der Waals surface area contributed by atoms with E-state index in [1.54, 1.807) is 20.0 Å². The molecule has 104 valence electrons. The summed E-state index contributed by atoms with van der Waals surface area (Å²) in [4.78, 5) is 24.8. The van der Waals surface area contributed by atoms with Crippen LogP contribution in [0.3, 0.4) is 0 Å². The molecule has 0 unspecified atom stereocenters. The molecular formula is C12H11N3O5. The van der Waals surface area contributed by atoms with E-state index < -0.39 is 16.7 Å². The number of carbonyl (C=O) groups is 1. The Kier molecular flexibility index (Phi) is 3.38. The van der Waals surface area contributed by atoms with Crippen molar-refractivity contribution in [3.05, 3.63) is 45.8 Å². The van der Waals surface area contributed by atoms with Gasteiger partial charge < -0.3 is 20.0 Å². The zero-order valence-corrected chi connectivity index (χ0v) is 10.7.